The second-order valence-electron chi connectivity index (χ2n) is 11.7. The normalized spacial score (nSPS) is 29.1. The van der Waals surface area contributed by atoms with Gasteiger partial charge >= 0.3 is 0 Å². The highest BCUT2D eigenvalue weighted by Crippen LogP contribution is 2.41. The number of ether oxygens (including phenoxy) is 1. The minimum atomic E-state index is -1.28. The first kappa shape index (κ1) is 26.8. The molecule has 0 radical (unpaired) electrons. The third-order valence-electron chi connectivity index (χ3n) is 8.69. The maximum Gasteiger partial charge on any atom is 0.255 e. The van der Waals surface area contributed by atoms with Crippen LogP contribution in [0.2, 0.25) is 0 Å². The molecule has 3 saturated heterocycles. The van der Waals surface area contributed by atoms with E-state index in [0.29, 0.717) is 23.5 Å². The van der Waals surface area contributed by atoms with Crippen LogP contribution < -0.4 is 31.3 Å². The van der Waals surface area contributed by atoms with Crippen molar-refractivity contribution in [3.05, 3.63) is 58.9 Å². The quantitative estimate of drug-likeness (QED) is 0.244. The highest BCUT2D eigenvalue weighted by Gasteiger charge is 2.66. The lowest BCUT2D eigenvalue weighted by molar-refractivity contribution is 0.00611. The molecule has 5 atom stereocenters. The molecule has 8 N–H and O–H groups in total. The molecule has 3 fully saturated rings. The molecule has 41 heavy (non-hydrogen) atoms. The number of rotatable bonds is 5. The zero-order chi connectivity index (χ0) is 29.1. The molecule has 0 saturated carbocycles. The van der Waals surface area contributed by atoms with E-state index in [-0.39, 0.29) is 42.2 Å². The number of pyridine rings is 1. The van der Waals surface area contributed by atoms with E-state index >= 15 is 0 Å². The van der Waals surface area contributed by atoms with E-state index in [0.717, 1.165) is 17.7 Å². The molecule has 2 aromatic rings. The molecule has 0 bridgehead atoms. The van der Waals surface area contributed by atoms with Crippen LogP contribution in [0, 0.1) is 17.7 Å². The van der Waals surface area contributed by atoms with Crippen molar-refractivity contribution in [3.63, 3.8) is 0 Å². The molecule has 4 aliphatic rings. The Morgan fingerprint density at radius 1 is 1.20 bits per heavy atom. The number of para-hydroxylation sites is 1. The van der Waals surface area contributed by atoms with E-state index in [1.54, 1.807) is 23.1 Å². The van der Waals surface area contributed by atoms with Gasteiger partial charge in [-0.1, -0.05) is 26.0 Å². The van der Waals surface area contributed by atoms with Crippen molar-refractivity contribution in [1.82, 2.24) is 36.5 Å². The van der Waals surface area contributed by atoms with E-state index in [1.807, 2.05) is 19.1 Å². The Balaban J connectivity index is 1.22. The molecule has 4 aliphatic heterocycles. The minimum Gasteiger partial charge on any atom is -0.492 e. The molecule has 1 aromatic carbocycles. The molecule has 1 aromatic heterocycles. The van der Waals surface area contributed by atoms with Gasteiger partial charge in [-0.15, -0.1) is 0 Å². The molecule has 1 spiro atoms. The summed E-state index contributed by atoms with van der Waals surface area (Å²) >= 11 is 0. The van der Waals surface area contributed by atoms with Gasteiger partial charge in [0, 0.05) is 30.5 Å². The number of hydrogen-bond acceptors (Lipinski definition) is 7. The second-order valence-corrected chi connectivity index (χ2v) is 11.7. The van der Waals surface area contributed by atoms with Crippen LogP contribution in [0.3, 0.4) is 0 Å². The van der Waals surface area contributed by atoms with Crippen LogP contribution in [0.1, 0.15) is 52.2 Å². The van der Waals surface area contributed by atoms with Crippen molar-refractivity contribution in [2.24, 2.45) is 0 Å². The van der Waals surface area contributed by atoms with Gasteiger partial charge in [-0.2, -0.15) is 0 Å². The van der Waals surface area contributed by atoms with Crippen molar-refractivity contribution < 1.29 is 19.4 Å². The van der Waals surface area contributed by atoms with Crippen molar-refractivity contribution in [2.45, 2.75) is 62.5 Å². The molecule has 13 heteroatoms. The SMILES string of the molecule is Cc1ccc(C(=O)NC[C@@H]2NC(=N)N3CC(NC(=O)c4cccc5c4OCCC5(C)C)[C@@H](O)C34NC(=N)N[C@@H]24)cn1. The summed E-state index contributed by atoms with van der Waals surface area (Å²) in [5.41, 5.74) is 1.14. The fraction of sp³-hybridized carbons (Fsp3) is 0.464. The van der Waals surface area contributed by atoms with Gasteiger partial charge in [0.25, 0.3) is 11.8 Å². The topological polar surface area (TPSA) is 188 Å². The van der Waals surface area contributed by atoms with Crippen LogP contribution in [-0.2, 0) is 5.41 Å². The third kappa shape index (κ3) is 4.31. The Hall–Kier alpha value is -4.39. The fourth-order valence-electron chi connectivity index (χ4n) is 6.40. The first-order valence-corrected chi connectivity index (χ1v) is 13.7. The number of carbonyl (C=O) groups excluding carboxylic acids is 2. The van der Waals surface area contributed by atoms with Gasteiger partial charge < -0.3 is 41.3 Å². The fourth-order valence-corrected chi connectivity index (χ4v) is 6.40. The predicted octanol–water partition coefficient (Wildman–Crippen LogP) is -0.246. The van der Waals surface area contributed by atoms with Gasteiger partial charge in [-0.25, -0.2) is 0 Å². The summed E-state index contributed by atoms with van der Waals surface area (Å²) in [4.78, 5) is 32.1. The van der Waals surface area contributed by atoms with E-state index in [9.17, 15) is 14.7 Å². The van der Waals surface area contributed by atoms with Gasteiger partial charge in [-0.05, 0) is 37.0 Å². The van der Waals surface area contributed by atoms with Crippen LogP contribution in [0.4, 0.5) is 0 Å². The number of nitrogens with one attached hydrogen (secondary N) is 7. The monoisotopic (exact) mass is 561 g/mol. The Morgan fingerprint density at radius 3 is 2.76 bits per heavy atom. The zero-order valence-electron chi connectivity index (χ0n) is 23.2. The number of carbonyl (C=O) groups is 2. The highest BCUT2D eigenvalue weighted by atomic mass is 16.5. The first-order valence-electron chi connectivity index (χ1n) is 13.7. The second kappa shape index (κ2) is 9.61. The zero-order valence-corrected chi connectivity index (χ0v) is 23.2. The van der Waals surface area contributed by atoms with E-state index < -0.39 is 29.9 Å². The predicted molar refractivity (Wildman–Crippen MR) is 150 cm³/mol. The summed E-state index contributed by atoms with van der Waals surface area (Å²) in [7, 11) is 0. The average molecular weight is 562 g/mol. The summed E-state index contributed by atoms with van der Waals surface area (Å²) in [6.07, 6.45) is 1.15. The number of amides is 2. The van der Waals surface area contributed by atoms with Gasteiger partial charge in [-0.3, -0.25) is 25.4 Å². The van der Waals surface area contributed by atoms with Crippen molar-refractivity contribution in [3.8, 4) is 5.75 Å². The molecule has 0 aliphatic carbocycles. The maximum absolute atomic E-state index is 13.5. The number of fused-ring (bicyclic) bond motifs is 1. The van der Waals surface area contributed by atoms with Crippen LogP contribution >= 0.6 is 0 Å². The molecular weight excluding hydrogens is 526 g/mol. The lowest BCUT2D eigenvalue weighted by atomic mass is 9.79. The van der Waals surface area contributed by atoms with Crippen molar-refractivity contribution in [2.75, 3.05) is 19.7 Å². The van der Waals surface area contributed by atoms with E-state index in [2.05, 4.69) is 45.4 Å². The van der Waals surface area contributed by atoms with Crippen LogP contribution in [-0.4, -0.2) is 88.3 Å². The molecule has 216 valence electrons. The first-order chi connectivity index (χ1) is 19.5. The molecule has 2 unspecified atom stereocenters. The van der Waals surface area contributed by atoms with Gasteiger partial charge in [0.05, 0.1) is 35.9 Å². The highest BCUT2D eigenvalue weighted by molar-refractivity contribution is 5.98. The molecule has 13 nitrogen and oxygen atoms in total. The number of benzene rings is 1. The van der Waals surface area contributed by atoms with Gasteiger partial charge in [0.2, 0.25) is 0 Å². The lowest BCUT2D eigenvalue weighted by Gasteiger charge is -2.49. The Kier molecular flexibility index (Phi) is 6.29. The number of guanidine groups is 2. The number of hydrogen-bond donors (Lipinski definition) is 8. The lowest BCUT2D eigenvalue weighted by Crippen LogP contribution is -2.78. The molecule has 2 amide bonds. The number of aliphatic hydroxyl groups excluding tert-OH is 1. The maximum atomic E-state index is 13.5. The van der Waals surface area contributed by atoms with E-state index in [1.165, 1.54) is 6.20 Å². The number of aromatic nitrogens is 1. The number of aliphatic hydroxyl groups is 1. The Bertz CT molecular complexity index is 1430. The summed E-state index contributed by atoms with van der Waals surface area (Å²) in [6.45, 7) is 6.83. The largest absolute Gasteiger partial charge is 0.492 e. The molecule has 6 rings (SSSR count). The Morgan fingerprint density at radius 2 is 2.00 bits per heavy atom. The minimum absolute atomic E-state index is 0.0134. The standard InChI is InChI=1S/C28H35N9O4/c1-14-7-8-15(11-31-14)23(39)32-12-18-21-28(36-25(29)35-21)22(38)19(13-37(28)26(30)34-18)33-24(40)16-5-4-6-17-20(16)41-10-9-27(17,2)3/h4-8,11,18-19,21-22,38H,9-10,12-13H2,1-3H3,(H2,30,34)(H,32,39)(H,33,40)(H3,29,35,36)/t18-,19?,21-,22+,28?/m0/s1. The van der Waals surface area contributed by atoms with Gasteiger partial charge in [0.15, 0.2) is 17.6 Å². The summed E-state index contributed by atoms with van der Waals surface area (Å²) in [5, 5.41) is 43.8. The van der Waals surface area contributed by atoms with Gasteiger partial charge in [0.1, 0.15) is 11.9 Å². The number of aryl methyl sites for hydroxylation is 1. The van der Waals surface area contributed by atoms with Crippen molar-refractivity contribution >= 4 is 23.7 Å². The van der Waals surface area contributed by atoms with E-state index in [4.69, 9.17) is 15.6 Å². The molecule has 5 heterocycles. The summed E-state index contributed by atoms with van der Waals surface area (Å²) in [6, 6.07) is 7.05. The van der Waals surface area contributed by atoms with Crippen LogP contribution in [0.15, 0.2) is 36.5 Å². The molecular formula is C28H35N9O4. The Labute approximate surface area is 237 Å². The third-order valence-corrected chi connectivity index (χ3v) is 8.69. The van der Waals surface area contributed by atoms with Crippen LogP contribution in [0.5, 0.6) is 5.75 Å². The summed E-state index contributed by atoms with van der Waals surface area (Å²) in [5.74, 6) is -0.155. The van der Waals surface area contributed by atoms with Crippen molar-refractivity contribution in [1.29, 1.82) is 10.8 Å². The number of nitrogens with zero attached hydrogens (tertiary/aromatic N) is 2. The van der Waals surface area contributed by atoms with Crippen LogP contribution in [0.25, 0.3) is 0 Å². The average Bonchev–Trinajstić information content (AvgIpc) is 3.43. The smallest absolute Gasteiger partial charge is 0.255 e. The summed E-state index contributed by atoms with van der Waals surface area (Å²) < 4.78 is 5.93.